The zero-order valence-electron chi connectivity index (χ0n) is 12.1. The second-order valence-electron chi connectivity index (χ2n) is 5.36. The van der Waals surface area contributed by atoms with Crippen molar-refractivity contribution in [3.63, 3.8) is 0 Å². The number of fused-ring (bicyclic) bond motifs is 1. The molecule has 0 bridgehead atoms. The van der Waals surface area contributed by atoms with Gasteiger partial charge in [0.25, 0.3) is 0 Å². The van der Waals surface area contributed by atoms with E-state index in [2.05, 4.69) is 31.1 Å². The Labute approximate surface area is 119 Å². The number of rotatable bonds is 4. The number of pyridine rings is 1. The van der Waals surface area contributed by atoms with Crippen molar-refractivity contribution in [3.05, 3.63) is 36.5 Å². The predicted molar refractivity (Wildman–Crippen MR) is 80.7 cm³/mol. The highest BCUT2D eigenvalue weighted by atomic mass is 16.5. The molecule has 0 spiro atoms. The van der Waals surface area contributed by atoms with E-state index < -0.39 is 6.09 Å². The Kier molecular flexibility index (Phi) is 4.56. The van der Waals surface area contributed by atoms with Crippen LogP contribution in [-0.4, -0.2) is 17.7 Å². The lowest BCUT2D eigenvalue weighted by molar-refractivity contribution is 0.133. The molecule has 1 unspecified atom stereocenters. The molecule has 0 saturated heterocycles. The summed E-state index contributed by atoms with van der Waals surface area (Å²) in [6.07, 6.45) is 1.28. The normalized spacial score (nSPS) is 12.4. The maximum Gasteiger partial charge on any atom is 0.412 e. The summed E-state index contributed by atoms with van der Waals surface area (Å²) in [5, 5.41) is 4.73. The van der Waals surface area contributed by atoms with Crippen molar-refractivity contribution in [2.45, 2.75) is 20.8 Å². The number of hydrogen-bond donors (Lipinski definition) is 1. The van der Waals surface area contributed by atoms with Crippen LogP contribution in [0.15, 0.2) is 36.5 Å². The summed E-state index contributed by atoms with van der Waals surface area (Å²) in [4.78, 5) is 15.9. The van der Waals surface area contributed by atoms with Gasteiger partial charge in [0.15, 0.2) is 0 Å². The number of amides is 1. The summed E-state index contributed by atoms with van der Waals surface area (Å²) >= 11 is 0. The summed E-state index contributed by atoms with van der Waals surface area (Å²) in [5.41, 5.74) is 0. The van der Waals surface area contributed by atoms with Gasteiger partial charge in [-0.25, -0.2) is 9.78 Å². The Morgan fingerprint density at radius 2 is 1.95 bits per heavy atom. The SMILES string of the molecule is CC(C)C(C)COC(=O)Nc1cc2ccccc2cn1. The van der Waals surface area contributed by atoms with Gasteiger partial charge in [-0.1, -0.05) is 45.0 Å². The molecular formula is C16H20N2O2. The van der Waals surface area contributed by atoms with E-state index in [1.54, 1.807) is 6.20 Å². The van der Waals surface area contributed by atoms with E-state index in [-0.39, 0.29) is 0 Å². The summed E-state index contributed by atoms with van der Waals surface area (Å²) in [6.45, 7) is 6.69. The van der Waals surface area contributed by atoms with Gasteiger partial charge in [0, 0.05) is 11.6 Å². The van der Waals surface area contributed by atoms with Gasteiger partial charge in [0.2, 0.25) is 0 Å². The van der Waals surface area contributed by atoms with Gasteiger partial charge in [-0.05, 0) is 23.3 Å². The molecule has 2 rings (SSSR count). The van der Waals surface area contributed by atoms with Crippen LogP contribution in [0.2, 0.25) is 0 Å². The third-order valence-electron chi connectivity index (χ3n) is 3.48. The molecule has 1 N–H and O–H groups in total. The van der Waals surface area contributed by atoms with E-state index >= 15 is 0 Å². The molecule has 0 fully saturated rings. The zero-order valence-corrected chi connectivity index (χ0v) is 12.1. The summed E-state index contributed by atoms with van der Waals surface area (Å²) in [7, 11) is 0. The molecule has 1 amide bonds. The van der Waals surface area contributed by atoms with Crippen molar-refractivity contribution in [3.8, 4) is 0 Å². The van der Waals surface area contributed by atoms with Crippen molar-refractivity contribution in [1.82, 2.24) is 4.98 Å². The molecule has 0 aliphatic rings. The monoisotopic (exact) mass is 272 g/mol. The molecule has 1 aromatic carbocycles. The lowest BCUT2D eigenvalue weighted by Gasteiger charge is -2.15. The minimum Gasteiger partial charge on any atom is -0.449 e. The number of benzene rings is 1. The van der Waals surface area contributed by atoms with Crippen molar-refractivity contribution in [1.29, 1.82) is 0 Å². The number of carbonyl (C=O) groups is 1. The molecule has 0 aliphatic carbocycles. The maximum absolute atomic E-state index is 11.7. The number of aromatic nitrogens is 1. The van der Waals surface area contributed by atoms with Crippen LogP contribution in [-0.2, 0) is 4.74 Å². The van der Waals surface area contributed by atoms with Gasteiger partial charge in [0.05, 0.1) is 6.61 Å². The van der Waals surface area contributed by atoms with Crippen LogP contribution < -0.4 is 5.32 Å². The molecule has 1 aromatic heterocycles. The number of nitrogens with one attached hydrogen (secondary N) is 1. The first-order chi connectivity index (χ1) is 9.56. The molecule has 4 heteroatoms. The molecule has 0 radical (unpaired) electrons. The van der Waals surface area contributed by atoms with Crippen LogP contribution in [0.1, 0.15) is 20.8 Å². The third-order valence-corrected chi connectivity index (χ3v) is 3.48. The van der Waals surface area contributed by atoms with E-state index in [9.17, 15) is 4.79 Å². The van der Waals surface area contributed by atoms with Crippen LogP contribution in [0.3, 0.4) is 0 Å². The largest absolute Gasteiger partial charge is 0.449 e. The molecule has 0 saturated carbocycles. The van der Waals surface area contributed by atoms with E-state index in [1.807, 2.05) is 30.3 Å². The second kappa shape index (κ2) is 6.37. The first-order valence-electron chi connectivity index (χ1n) is 6.85. The Morgan fingerprint density at radius 1 is 1.25 bits per heavy atom. The smallest absolute Gasteiger partial charge is 0.412 e. The van der Waals surface area contributed by atoms with E-state index in [0.29, 0.717) is 24.3 Å². The lowest BCUT2D eigenvalue weighted by Crippen LogP contribution is -2.20. The molecule has 106 valence electrons. The Hall–Kier alpha value is -2.10. The zero-order chi connectivity index (χ0) is 14.5. The van der Waals surface area contributed by atoms with Crippen LogP contribution in [0.25, 0.3) is 10.8 Å². The summed E-state index contributed by atoms with van der Waals surface area (Å²) < 4.78 is 5.19. The highest BCUT2D eigenvalue weighted by Crippen LogP contribution is 2.16. The van der Waals surface area contributed by atoms with Crippen molar-refractivity contribution >= 4 is 22.7 Å². The number of anilines is 1. The average Bonchev–Trinajstić information content (AvgIpc) is 2.44. The van der Waals surface area contributed by atoms with Gasteiger partial charge in [-0.3, -0.25) is 5.32 Å². The van der Waals surface area contributed by atoms with Crippen molar-refractivity contribution in [2.75, 3.05) is 11.9 Å². The molecule has 20 heavy (non-hydrogen) atoms. The van der Waals surface area contributed by atoms with Crippen molar-refractivity contribution in [2.24, 2.45) is 11.8 Å². The fourth-order valence-electron chi connectivity index (χ4n) is 1.69. The molecular weight excluding hydrogens is 252 g/mol. The van der Waals surface area contributed by atoms with E-state index in [0.717, 1.165) is 10.8 Å². The van der Waals surface area contributed by atoms with Crippen LogP contribution in [0, 0.1) is 11.8 Å². The number of nitrogens with zero attached hydrogens (tertiary/aromatic N) is 1. The third kappa shape index (κ3) is 3.70. The number of hydrogen-bond acceptors (Lipinski definition) is 3. The first kappa shape index (κ1) is 14.3. The lowest BCUT2D eigenvalue weighted by atomic mass is 10.00. The predicted octanol–water partition coefficient (Wildman–Crippen LogP) is 4.08. The molecule has 1 heterocycles. The van der Waals surface area contributed by atoms with Gasteiger partial charge in [-0.2, -0.15) is 0 Å². The van der Waals surface area contributed by atoms with Gasteiger partial charge >= 0.3 is 6.09 Å². The van der Waals surface area contributed by atoms with Gasteiger partial charge < -0.3 is 4.74 Å². The fourth-order valence-corrected chi connectivity index (χ4v) is 1.69. The van der Waals surface area contributed by atoms with Gasteiger partial charge in [-0.15, -0.1) is 0 Å². The van der Waals surface area contributed by atoms with Crippen LogP contribution >= 0.6 is 0 Å². The van der Waals surface area contributed by atoms with Gasteiger partial charge in [0.1, 0.15) is 5.82 Å². The quantitative estimate of drug-likeness (QED) is 0.912. The highest BCUT2D eigenvalue weighted by molar-refractivity contribution is 5.89. The van der Waals surface area contributed by atoms with E-state index in [1.165, 1.54) is 0 Å². The molecule has 2 aromatic rings. The van der Waals surface area contributed by atoms with Crippen LogP contribution in [0.4, 0.5) is 10.6 Å². The molecule has 0 aliphatic heterocycles. The molecule has 4 nitrogen and oxygen atoms in total. The second-order valence-corrected chi connectivity index (χ2v) is 5.36. The van der Waals surface area contributed by atoms with Crippen LogP contribution in [0.5, 0.6) is 0 Å². The average molecular weight is 272 g/mol. The van der Waals surface area contributed by atoms with E-state index in [4.69, 9.17) is 4.74 Å². The Bertz CT molecular complexity index is 596. The minimum absolute atomic E-state index is 0.338. The Balaban J connectivity index is 1.96. The summed E-state index contributed by atoms with van der Waals surface area (Å²) in [6, 6.07) is 9.71. The highest BCUT2D eigenvalue weighted by Gasteiger charge is 2.11. The maximum atomic E-state index is 11.7. The molecule has 1 atom stereocenters. The number of carbonyl (C=O) groups excluding carboxylic acids is 1. The summed E-state index contributed by atoms with van der Waals surface area (Å²) in [5.74, 6) is 1.33. The fraction of sp³-hybridized carbons (Fsp3) is 0.375. The number of ether oxygens (including phenoxy) is 1. The standard InChI is InChI=1S/C16H20N2O2/c1-11(2)12(3)10-20-16(19)18-15-8-13-6-4-5-7-14(13)9-17-15/h4-9,11-12H,10H2,1-3H3,(H,17,18,19). The topological polar surface area (TPSA) is 51.2 Å². The first-order valence-corrected chi connectivity index (χ1v) is 6.85. The Morgan fingerprint density at radius 3 is 2.65 bits per heavy atom. The van der Waals surface area contributed by atoms with Crippen molar-refractivity contribution < 1.29 is 9.53 Å². The minimum atomic E-state index is -0.458.